The van der Waals surface area contributed by atoms with Crippen molar-refractivity contribution in [2.75, 3.05) is 16.4 Å². The number of fused-ring (bicyclic) bond motifs is 3. The Kier molecular flexibility index (Phi) is 27.4. The van der Waals surface area contributed by atoms with Crippen molar-refractivity contribution < 1.29 is 24.0 Å². The lowest BCUT2D eigenvalue weighted by Crippen LogP contribution is -2.49. The second-order valence-corrected chi connectivity index (χ2v) is 32.7. The number of aromatic nitrogens is 10. The maximum Gasteiger partial charge on any atom is 0.277 e. The zero-order chi connectivity index (χ0) is 79.0. The molecular weight excluding hydrogens is 1830 g/mol. The zero-order valence-corrected chi connectivity index (χ0v) is 69.0. The first-order valence-electron chi connectivity index (χ1n) is 31.8. The predicted octanol–water partition coefficient (Wildman–Crippen LogP) is 16.4. The number of H-pyrrole nitrogens is 1. The standard InChI is InChI=1S/2C19H12ClN5O2S2.C15H8BrClN2O2S2.C9H6OS2.C6H4BrClN2O2.C4H5N3.2CH4/c2*20-13-7-14(23-15-1-4-21-10-22-15)18(27)25-16(13)17(26)24-19(25,11-2-5-28-8-11)12-3-6-29-9-12;16-10-5-11(17)12-13(20)18-15(19(12)14(10)21,8-1-3-22-6-8)9-2-4-23-7-9;10-9(7-1-3-11-5-7)8-2-4-12-6-8;7-2-1-3(8)4(5(9)11)10-6(2)12;5-4-1-2-6-3-7-4;;/h2*1-10H,(H,24,26)(H,21,22,23);1-7H,(H,18,20);1-6H;1H,(H2,9,11)(H,10,12);1-3H,(H2,5,6,7);2*1H4. The molecule has 0 saturated heterocycles. The number of rotatable bonds is 13. The molecule has 40 heteroatoms. The largest absolute Gasteiger partial charge is 0.384 e. The van der Waals surface area contributed by atoms with Crippen LogP contribution in [0.25, 0.3) is 0 Å². The molecule has 0 atom stereocenters. The Morgan fingerprint density at radius 2 is 0.746 bits per heavy atom. The first kappa shape index (κ1) is 84.6. The van der Waals surface area contributed by atoms with Crippen LogP contribution in [0.2, 0.25) is 20.1 Å². The van der Waals surface area contributed by atoms with Gasteiger partial charge < -0.3 is 43.0 Å². The quantitative estimate of drug-likeness (QED) is 0.0497. The third-order valence-electron chi connectivity index (χ3n) is 16.6. The topological polar surface area (TPSA) is 374 Å². The van der Waals surface area contributed by atoms with Crippen LogP contribution in [-0.4, -0.2) is 78.0 Å². The van der Waals surface area contributed by atoms with Crippen LogP contribution in [0.5, 0.6) is 0 Å². The van der Waals surface area contributed by atoms with Gasteiger partial charge in [0.15, 0.2) is 22.8 Å². The molecule has 114 heavy (non-hydrogen) atoms. The number of carbonyl (C=O) groups excluding carboxylic acids is 5. The average molecular weight is 1880 g/mol. The predicted molar refractivity (Wildman–Crippen MR) is 463 cm³/mol. The van der Waals surface area contributed by atoms with Crippen LogP contribution in [0.4, 0.5) is 28.8 Å². The highest BCUT2D eigenvalue weighted by Gasteiger charge is 2.51. The van der Waals surface area contributed by atoms with Gasteiger partial charge in [-0.15, -0.1) is 0 Å². The SMILES string of the molecule is C.C.NC(=O)c1[nH]c(=O)c(Br)cc1Cl.Nc1ccncn1.O=C(c1ccsc1)c1ccsc1.O=C1NC(c2ccsc2)(c2ccsc2)n2c1c(Cl)cc(Br)c2=O.O=C1NC(c2ccsc2)(c2ccsc2)n2c1c(Cl)cc(Nc1ccncn1)c2=O.O=C1NC(c2ccsc2)(c2ccsc2)n2c1c(Cl)cc(Nc1ccncn1)c2=O. The number of halogens is 6. The molecule has 18 heterocycles. The van der Waals surface area contributed by atoms with Crippen molar-refractivity contribution in [1.29, 1.82) is 0 Å². The molecule has 3 aliphatic heterocycles. The van der Waals surface area contributed by atoms with Gasteiger partial charge in [0.1, 0.15) is 70.6 Å². The number of amides is 4. The maximum atomic E-state index is 13.6. The number of anilines is 5. The number of hydrogen-bond donors (Lipinski definition) is 8. The molecule has 0 saturated carbocycles. The lowest BCUT2D eigenvalue weighted by Gasteiger charge is -2.31. The number of pyridine rings is 4. The van der Waals surface area contributed by atoms with E-state index in [1.165, 1.54) is 125 Å². The molecule has 0 aromatic carbocycles. The van der Waals surface area contributed by atoms with E-state index >= 15 is 0 Å². The van der Waals surface area contributed by atoms with Crippen molar-refractivity contribution in [2.45, 2.75) is 31.8 Å². The minimum atomic E-state index is -1.17. The normalized spacial score (nSPS) is 13.1. The van der Waals surface area contributed by atoms with Crippen LogP contribution in [0.15, 0.2) is 243 Å². The van der Waals surface area contributed by atoms with Gasteiger partial charge in [-0.2, -0.15) is 90.7 Å². The smallest absolute Gasteiger partial charge is 0.277 e. The summed E-state index contributed by atoms with van der Waals surface area (Å²) >= 11 is 43.0. The van der Waals surface area contributed by atoms with Gasteiger partial charge in [-0.05, 0) is 198 Å². The van der Waals surface area contributed by atoms with E-state index < -0.39 is 51.4 Å². The van der Waals surface area contributed by atoms with Gasteiger partial charge in [-0.3, -0.25) is 56.9 Å². The molecule has 0 spiro atoms. The van der Waals surface area contributed by atoms with Crippen LogP contribution in [0, 0.1) is 0 Å². The van der Waals surface area contributed by atoms with E-state index in [0.717, 1.165) is 44.5 Å². The van der Waals surface area contributed by atoms with Gasteiger partial charge >= 0.3 is 0 Å². The van der Waals surface area contributed by atoms with Crippen LogP contribution < -0.4 is 60.3 Å². The number of nitrogens with one attached hydrogen (secondary N) is 6. The summed E-state index contributed by atoms with van der Waals surface area (Å²) in [6, 6.07) is 25.7. The molecule has 15 aromatic rings. The molecule has 3 aliphatic rings. The van der Waals surface area contributed by atoms with Crippen molar-refractivity contribution in [3.63, 3.8) is 0 Å². The summed E-state index contributed by atoms with van der Waals surface area (Å²) in [6.07, 6.45) is 8.89. The number of hydrogen-bond acceptors (Lipinski definition) is 26. The van der Waals surface area contributed by atoms with Gasteiger partial charge in [0.2, 0.25) is 0 Å². The van der Waals surface area contributed by atoms with E-state index in [2.05, 4.69) is 93.3 Å². The molecule has 0 unspecified atom stereocenters. The van der Waals surface area contributed by atoms with Crippen molar-refractivity contribution in [3.05, 3.63) is 352 Å². The molecule has 4 amide bonds. The van der Waals surface area contributed by atoms with Crippen molar-refractivity contribution in [1.82, 2.24) is 64.5 Å². The third kappa shape index (κ3) is 16.9. The molecule has 26 nitrogen and oxygen atoms in total. The van der Waals surface area contributed by atoms with Crippen molar-refractivity contribution in [2.24, 2.45) is 5.73 Å². The highest BCUT2D eigenvalue weighted by molar-refractivity contribution is 9.10. The Balaban J connectivity index is 0.000000142. The van der Waals surface area contributed by atoms with Gasteiger partial charge in [0.25, 0.3) is 45.9 Å². The maximum absolute atomic E-state index is 13.6. The van der Waals surface area contributed by atoms with Crippen LogP contribution in [0.3, 0.4) is 0 Å². The van der Waals surface area contributed by atoms with Crippen LogP contribution >= 0.6 is 169 Å². The summed E-state index contributed by atoms with van der Waals surface area (Å²) in [5.41, 5.74) is 12.3. The fourth-order valence-electron chi connectivity index (χ4n) is 11.8. The number of ketones is 1. The molecule has 10 N–H and O–H groups in total. The number of primary amides is 1. The molecule has 0 bridgehead atoms. The van der Waals surface area contributed by atoms with Crippen molar-refractivity contribution in [3.8, 4) is 0 Å². The summed E-state index contributed by atoms with van der Waals surface area (Å²) in [7, 11) is 0. The Labute approximate surface area is 715 Å². The molecular formula is C74H55Br2Cl4N17O9S8. The van der Waals surface area contributed by atoms with Gasteiger partial charge in [-0.25, -0.2) is 29.9 Å². The van der Waals surface area contributed by atoms with E-state index in [-0.39, 0.29) is 90.8 Å². The lowest BCUT2D eigenvalue weighted by atomic mass is 9.96. The summed E-state index contributed by atoms with van der Waals surface area (Å²) in [5.74, 6) is -0.407. The Hall–Kier alpha value is -10.3. The molecule has 0 aliphatic carbocycles. The monoisotopic (exact) mass is 1880 g/mol. The second kappa shape index (κ2) is 36.9. The Morgan fingerprint density at radius 3 is 1.04 bits per heavy atom. The number of nitrogens with two attached hydrogens (primary N) is 2. The van der Waals surface area contributed by atoms with Gasteiger partial charge in [0, 0.05) is 73.9 Å². The third-order valence-corrected chi connectivity index (χ3v) is 24.4. The van der Waals surface area contributed by atoms with Crippen LogP contribution in [0.1, 0.15) is 106 Å². The minimum Gasteiger partial charge on any atom is -0.384 e. The highest BCUT2D eigenvalue weighted by Crippen LogP contribution is 2.44. The molecule has 15 aromatic heterocycles. The number of carbonyl (C=O) groups is 5. The first-order chi connectivity index (χ1) is 54.1. The second-order valence-electron chi connectivity index (χ2n) is 23.1. The van der Waals surface area contributed by atoms with Crippen molar-refractivity contribution >= 4 is 227 Å². The summed E-state index contributed by atoms with van der Waals surface area (Å²) in [5, 5.41) is 46.2. The molecule has 0 fully saturated rings. The number of thiophene rings is 8. The number of aromatic amines is 1. The number of nitrogen functional groups attached to an aromatic ring is 1. The molecule has 18 rings (SSSR count). The summed E-state index contributed by atoms with van der Waals surface area (Å²) in [6.45, 7) is 0. The lowest BCUT2D eigenvalue weighted by molar-refractivity contribution is 0.0938. The average Bonchev–Trinajstić information content (AvgIpc) is 1.56. The van der Waals surface area contributed by atoms with E-state index in [4.69, 9.17) is 57.9 Å². The Morgan fingerprint density at radius 1 is 0.421 bits per heavy atom. The fourth-order valence-corrected chi connectivity index (χ4v) is 19.3. The fraction of sp³-hybridized carbons (Fsp3) is 0.0676. The minimum absolute atomic E-state index is 0. The number of nitrogens with zero attached hydrogens (tertiary/aromatic N) is 9. The van der Waals surface area contributed by atoms with Gasteiger partial charge in [-0.1, -0.05) is 61.3 Å². The Bertz CT molecular complexity index is 5810. The van der Waals surface area contributed by atoms with Crippen LogP contribution in [-0.2, 0) is 17.0 Å². The van der Waals surface area contributed by atoms with Gasteiger partial charge in [0.05, 0.1) is 29.0 Å². The van der Waals surface area contributed by atoms with E-state index in [0.29, 0.717) is 21.9 Å². The zero-order valence-electron chi connectivity index (χ0n) is 56.2. The highest BCUT2D eigenvalue weighted by atomic mass is 79.9. The summed E-state index contributed by atoms with van der Waals surface area (Å²) < 4.78 is 4.90. The molecule has 0 radical (unpaired) electrons. The first-order valence-corrected chi connectivity index (χ1v) is 42.4. The van der Waals surface area contributed by atoms with E-state index in [9.17, 15) is 43.2 Å². The summed E-state index contributed by atoms with van der Waals surface area (Å²) in [4.78, 5) is 137. The van der Waals surface area contributed by atoms with E-state index in [1.54, 1.807) is 59.5 Å². The molecule has 580 valence electrons. The van der Waals surface area contributed by atoms with E-state index in [1.807, 2.05) is 135 Å².